The van der Waals surface area contributed by atoms with Gasteiger partial charge in [-0.05, 0) is 49.1 Å². The molecule has 1 atom stereocenters. The standard InChI is InChI=1S/C12H16ClNO/c13-11-3-2-9-7-12(8-10(9)6-11)14-4-1-5-15/h2-3,6,12,14-15H,1,4-5,7-8H2. The second-order valence-corrected chi connectivity index (χ2v) is 4.49. The van der Waals surface area contributed by atoms with Gasteiger partial charge in [0, 0.05) is 17.7 Å². The molecular weight excluding hydrogens is 210 g/mol. The van der Waals surface area contributed by atoms with Gasteiger partial charge in [0.2, 0.25) is 0 Å². The average molecular weight is 226 g/mol. The topological polar surface area (TPSA) is 32.3 Å². The van der Waals surface area contributed by atoms with Gasteiger partial charge in [0.05, 0.1) is 0 Å². The first-order chi connectivity index (χ1) is 7.29. The van der Waals surface area contributed by atoms with Crippen LogP contribution in [0.2, 0.25) is 5.02 Å². The molecule has 0 aliphatic heterocycles. The van der Waals surface area contributed by atoms with E-state index in [4.69, 9.17) is 16.7 Å². The van der Waals surface area contributed by atoms with E-state index in [9.17, 15) is 0 Å². The molecule has 0 amide bonds. The lowest BCUT2D eigenvalue weighted by Crippen LogP contribution is -2.30. The molecule has 15 heavy (non-hydrogen) atoms. The van der Waals surface area contributed by atoms with Crippen molar-refractivity contribution in [2.45, 2.75) is 25.3 Å². The van der Waals surface area contributed by atoms with Crippen LogP contribution in [0.3, 0.4) is 0 Å². The van der Waals surface area contributed by atoms with Gasteiger partial charge in [0.15, 0.2) is 0 Å². The zero-order chi connectivity index (χ0) is 10.7. The predicted molar refractivity (Wildman–Crippen MR) is 62.4 cm³/mol. The molecule has 0 aromatic heterocycles. The molecule has 1 aromatic carbocycles. The van der Waals surface area contributed by atoms with Crippen LogP contribution in [-0.4, -0.2) is 24.3 Å². The quantitative estimate of drug-likeness (QED) is 0.766. The molecule has 1 unspecified atom stereocenters. The Balaban J connectivity index is 1.91. The predicted octanol–water partition coefficient (Wildman–Crippen LogP) is 1.78. The monoisotopic (exact) mass is 225 g/mol. The van der Waals surface area contributed by atoms with Crippen molar-refractivity contribution >= 4 is 11.6 Å². The first-order valence-corrected chi connectivity index (χ1v) is 5.79. The van der Waals surface area contributed by atoms with E-state index < -0.39 is 0 Å². The summed E-state index contributed by atoms with van der Waals surface area (Å²) in [6, 6.07) is 6.65. The van der Waals surface area contributed by atoms with Gasteiger partial charge < -0.3 is 10.4 Å². The molecule has 3 heteroatoms. The fourth-order valence-electron chi connectivity index (χ4n) is 2.12. The SMILES string of the molecule is OCCCNC1Cc2ccc(Cl)cc2C1. The maximum atomic E-state index is 8.69. The van der Waals surface area contributed by atoms with Crippen LogP contribution in [0.4, 0.5) is 0 Å². The summed E-state index contributed by atoms with van der Waals surface area (Å²) in [7, 11) is 0. The number of rotatable bonds is 4. The molecular formula is C12H16ClNO. The molecule has 0 spiro atoms. The highest BCUT2D eigenvalue weighted by atomic mass is 35.5. The van der Waals surface area contributed by atoms with Crippen LogP contribution in [0.1, 0.15) is 17.5 Å². The summed E-state index contributed by atoms with van der Waals surface area (Å²) in [6.45, 7) is 1.15. The highest BCUT2D eigenvalue weighted by Crippen LogP contribution is 2.25. The van der Waals surface area contributed by atoms with Gasteiger partial charge in [-0.25, -0.2) is 0 Å². The second kappa shape index (κ2) is 4.97. The highest BCUT2D eigenvalue weighted by molar-refractivity contribution is 6.30. The molecule has 0 saturated heterocycles. The number of aliphatic hydroxyl groups is 1. The van der Waals surface area contributed by atoms with Gasteiger partial charge in [-0.2, -0.15) is 0 Å². The van der Waals surface area contributed by atoms with Crippen molar-refractivity contribution in [3.05, 3.63) is 34.3 Å². The minimum atomic E-state index is 0.262. The van der Waals surface area contributed by atoms with Gasteiger partial charge in [-0.1, -0.05) is 17.7 Å². The molecule has 82 valence electrons. The summed E-state index contributed by atoms with van der Waals surface area (Å²) in [5.74, 6) is 0. The van der Waals surface area contributed by atoms with E-state index in [-0.39, 0.29) is 6.61 Å². The number of fused-ring (bicyclic) bond motifs is 1. The molecule has 0 heterocycles. The molecule has 2 N–H and O–H groups in total. The van der Waals surface area contributed by atoms with Crippen LogP contribution in [0.5, 0.6) is 0 Å². The van der Waals surface area contributed by atoms with E-state index >= 15 is 0 Å². The fourth-order valence-corrected chi connectivity index (χ4v) is 2.31. The normalized spacial score (nSPS) is 19.2. The number of aliphatic hydroxyl groups excluding tert-OH is 1. The zero-order valence-electron chi connectivity index (χ0n) is 8.67. The number of nitrogens with one attached hydrogen (secondary N) is 1. The van der Waals surface area contributed by atoms with E-state index in [1.54, 1.807) is 0 Å². The Morgan fingerprint density at radius 2 is 2.13 bits per heavy atom. The van der Waals surface area contributed by atoms with Crippen molar-refractivity contribution in [3.8, 4) is 0 Å². The van der Waals surface area contributed by atoms with Crippen LogP contribution in [0.25, 0.3) is 0 Å². The fraction of sp³-hybridized carbons (Fsp3) is 0.500. The van der Waals surface area contributed by atoms with Crippen LogP contribution in [0, 0.1) is 0 Å². The Morgan fingerprint density at radius 3 is 2.93 bits per heavy atom. The lowest BCUT2D eigenvalue weighted by Gasteiger charge is -2.10. The third kappa shape index (κ3) is 2.71. The third-order valence-corrected chi connectivity index (χ3v) is 3.10. The summed E-state index contributed by atoms with van der Waals surface area (Å²) in [4.78, 5) is 0. The molecule has 0 bridgehead atoms. The summed E-state index contributed by atoms with van der Waals surface area (Å²) >= 11 is 5.94. The van der Waals surface area contributed by atoms with Crippen molar-refractivity contribution in [2.24, 2.45) is 0 Å². The Hall–Kier alpha value is -0.570. The van der Waals surface area contributed by atoms with Crippen molar-refractivity contribution in [1.82, 2.24) is 5.32 Å². The molecule has 0 fully saturated rings. The highest BCUT2D eigenvalue weighted by Gasteiger charge is 2.20. The zero-order valence-corrected chi connectivity index (χ0v) is 9.43. The van der Waals surface area contributed by atoms with Crippen LogP contribution in [-0.2, 0) is 12.8 Å². The minimum Gasteiger partial charge on any atom is -0.396 e. The Labute approximate surface area is 95.3 Å². The maximum absolute atomic E-state index is 8.69. The van der Waals surface area contributed by atoms with E-state index in [0.717, 1.165) is 30.8 Å². The Kier molecular flexibility index (Phi) is 3.62. The number of benzene rings is 1. The first kappa shape index (κ1) is 10.9. The van der Waals surface area contributed by atoms with E-state index in [1.807, 2.05) is 6.07 Å². The summed E-state index contributed by atoms with van der Waals surface area (Å²) in [5, 5.41) is 13.0. The molecule has 1 aromatic rings. The molecule has 2 nitrogen and oxygen atoms in total. The van der Waals surface area contributed by atoms with Gasteiger partial charge in [-0.3, -0.25) is 0 Å². The van der Waals surface area contributed by atoms with Gasteiger partial charge in [-0.15, -0.1) is 0 Å². The van der Waals surface area contributed by atoms with Crippen molar-refractivity contribution in [1.29, 1.82) is 0 Å². The number of hydrogen-bond acceptors (Lipinski definition) is 2. The lowest BCUT2D eigenvalue weighted by atomic mass is 10.1. The largest absolute Gasteiger partial charge is 0.396 e. The molecule has 0 radical (unpaired) electrons. The average Bonchev–Trinajstić information content (AvgIpc) is 2.60. The second-order valence-electron chi connectivity index (χ2n) is 4.05. The summed E-state index contributed by atoms with van der Waals surface area (Å²) in [5.41, 5.74) is 2.77. The van der Waals surface area contributed by atoms with Gasteiger partial charge in [0.25, 0.3) is 0 Å². The van der Waals surface area contributed by atoms with Gasteiger partial charge in [0.1, 0.15) is 0 Å². The van der Waals surface area contributed by atoms with Crippen molar-refractivity contribution < 1.29 is 5.11 Å². The lowest BCUT2D eigenvalue weighted by molar-refractivity contribution is 0.283. The molecule has 1 aliphatic rings. The van der Waals surface area contributed by atoms with Crippen LogP contribution >= 0.6 is 11.6 Å². The molecule has 0 saturated carbocycles. The van der Waals surface area contributed by atoms with E-state index in [1.165, 1.54) is 11.1 Å². The Bertz CT molecular complexity index is 340. The molecule has 2 rings (SSSR count). The molecule has 1 aliphatic carbocycles. The van der Waals surface area contributed by atoms with Crippen molar-refractivity contribution in [2.75, 3.05) is 13.2 Å². The number of hydrogen-bond donors (Lipinski definition) is 2. The smallest absolute Gasteiger partial charge is 0.0443 e. The van der Waals surface area contributed by atoms with Crippen LogP contribution in [0.15, 0.2) is 18.2 Å². The van der Waals surface area contributed by atoms with Crippen molar-refractivity contribution in [3.63, 3.8) is 0 Å². The first-order valence-electron chi connectivity index (χ1n) is 5.41. The number of halogens is 1. The minimum absolute atomic E-state index is 0.262. The summed E-state index contributed by atoms with van der Waals surface area (Å²) in [6.07, 6.45) is 2.97. The van der Waals surface area contributed by atoms with E-state index in [2.05, 4.69) is 17.4 Å². The maximum Gasteiger partial charge on any atom is 0.0443 e. The van der Waals surface area contributed by atoms with Crippen LogP contribution < -0.4 is 5.32 Å². The Morgan fingerprint density at radius 1 is 1.33 bits per heavy atom. The third-order valence-electron chi connectivity index (χ3n) is 2.87. The van der Waals surface area contributed by atoms with Gasteiger partial charge >= 0.3 is 0 Å². The summed E-state index contributed by atoms with van der Waals surface area (Å²) < 4.78 is 0. The van der Waals surface area contributed by atoms with E-state index in [0.29, 0.717) is 6.04 Å².